The van der Waals surface area contributed by atoms with Gasteiger partial charge in [0.1, 0.15) is 5.82 Å². The van der Waals surface area contributed by atoms with Gasteiger partial charge in [-0.05, 0) is 61.7 Å². The molecule has 0 heterocycles. The van der Waals surface area contributed by atoms with Crippen molar-refractivity contribution in [2.75, 3.05) is 5.32 Å². The molecule has 2 rings (SSSR count). The van der Waals surface area contributed by atoms with E-state index in [2.05, 4.69) is 5.32 Å². The number of rotatable bonds is 4. The highest BCUT2D eigenvalue weighted by Crippen LogP contribution is 2.16. The van der Waals surface area contributed by atoms with E-state index >= 15 is 0 Å². The molecule has 0 aliphatic carbocycles. The number of aryl methyl sites for hydroxylation is 3. The molecule has 0 aromatic heterocycles. The highest BCUT2D eigenvalue weighted by Gasteiger charge is 2.03. The molecule has 2 nitrogen and oxygen atoms in total. The molecular weight excluding hydrogens is 265 g/mol. The number of nitrogens with one attached hydrogen (secondary N) is 1. The van der Waals surface area contributed by atoms with Crippen LogP contribution < -0.4 is 5.32 Å². The summed E-state index contributed by atoms with van der Waals surface area (Å²) in [6.45, 7) is 5.80. The second kappa shape index (κ2) is 6.35. The minimum atomic E-state index is -0.270. The van der Waals surface area contributed by atoms with Crippen LogP contribution in [0.5, 0.6) is 0 Å². The van der Waals surface area contributed by atoms with E-state index in [-0.39, 0.29) is 11.6 Å². The Kier molecular flexibility index (Phi) is 4.53. The first-order chi connectivity index (χ1) is 9.97. The summed E-state index contributed by atoms with van der Waals surface area (Å²) in [6, 6.07) is 10.1. The minimum Gasteiger partial charge on any atom is -0.361 e. The molecule has 108 valence electrons. The highest BCUT2D eigenvalue weighted by atomic mass is 19.1. The van der Waals surface area contributed by atoms with E-state index in [1.54, 1.807) is 12.3 Å². The van der Waals surface area contributed by atoms with E-state index in [0.29, 0.717) is 5.56 Å². The van der Waals surface area contributed by atoms with Crippen LogP contribution in [0.4, 0.5) is 10.1 Å². The molecule has 0 bridgehead atoms. The molecule has 0 saturated carbocycles. The van der Waals surface area contributed by atoms with Crippen LogP contribution in [0.3, 0.4) is 0 Å². The number of halogens is 1. The third-order valence-electron chi connectivity index (χ3n) is 3.45. The van der Waals surface area contributed by atoms with E-state index in [1.165, 1.54) is 18.2 Å². The van der Waals surface area contributed by atoms with Crippen molar-refractivity contribution < 1.29 is 9.18 Å². The Morgan fingerprint density at radius 2 is 1.76 bits per heavy atom. The third kappa shape index (κ3) is 3.78. The predicted molar refractivity (Wildman–Crippen MR) is 84.1 cm³/mol. The molecule has 1 N–H and O–H groups in total. The van der Waals surface area contributed by atoms with Gasteiger partial charge in [0.2, 0.25) is 0 Å². The van der Waals surface area contributed by atoms with Crippen molar-refractivity contribution in [3.05, 3.63) is 76.7 Å². The topological polar surface area (TPSA) is 29.1 Å². The first kappa shape index (κ1) is 15.0. The van der Waals surface area contributed by atoms with Crippen LogP contribution in [0.15, 0.2) is 48.7 Å². The summed E-state index contributed by atoms with van der Waals surface area (Å²) < 4.78 is 13.0. The van der Waals surface area contributed by atoms with Crippen molar-refractivity contribution in [3.8, 4) is 0 Å². The summed E-state index contributed by atoms with van der Waals surface area (Å²) in [7, 11) is 0. The number of ketones is 1. The van der Waals surface area contributed by atoms with Crippen LogP contribution >= 0.6 is 0 Å². The number of allylic oxidation sites excluding steroid dienone is 1. The Morgan fingerprint density at radius 3 is 2.43 bits per heavy atom. The van der Waals surface area contributed by atoms with Crippen LogP contribution in [0.25, 0.3) is 0 Å². The monoisotopic (exact) mass is 283 g/mol. The van der Waals surface area contributed by atoms with E-state index in [0.717, 1.165) is 22.4 Å². The number of benzene rings is 2. The van der Waals surface area contributed by atoms with Gasteiger partial charge in [-0.25, -0.2) is 4.39 Å². The molecule has 0 spiro atoms. The molecule has 0 atom stereocenters. The van der Waals surface area contributed by atoms with Gasteiger partial charge in [0.25, 0.3) is 0 Å². The summed E-state index contributed by atoms with van der Waals surface area (Å²) in [5.74, 6) is -0.335. The zero-order valence-electron chi connectivity index (χ0n) is 12.4. The lowest BCUT2D eigenvalue weighted by atomic mass is 10.0. The first-order valence-electron chi connectivity index (χ1n) is 6.78. The van der Waals surface area contributed by atoms with Crippen molar-refractivity contribution in [1.29, 1.82) is 0 Å². The van der Waals surface area contributed by atoms with Crippen LogP contribution in [-0.4, -0.2) is 5.78 Å². The maximum atomic E-state index is 13.0. The van der Waals surface area contributed by atoms with Crippen LogP contribution in [0, 0.1) is 26.6 Å². The standard InChI is InChI=1S/C18H18FNO/c1-12-4-5-15(10-13(12)2)18(21)8-9-20-17-7-6-16(19)11-14(17)3/h4-11,20H,1-3H3/b9-8+. The second-order valence-electron chi connectivity index (χ2n) is 5.10. The zero-order valence-corrected chi connectivity index (χ0v) is 12.4. The van der Waals surface area contributed by atoms with Gasteiger partial charge in [0.15, 0.2) is 5.78 Å². The fourth-order valence-corrected chi connectivity index (χ4v) is 1.99. The minimum absolute atomic E-state index is 0.0645. The van der Waals surface area contributed by atoms with Crippen molar-refractivity contribution in [1.82, 2.24) is 0 Å². The van der Waals surface area contributed by atoms with Crippen LogP contribution in [0.1, 0.15) is 27.0 Å². The molecule has 0 aliphatic heterocycles. The number of hydrogen-bond donors (Lipinski definition) is 1. The van der Waals surface area contributed by atoms with Crippen LogP contribution in [0.2, 0.25) is 0 Å². The lowest BCUT2D eigenvalue weighted by Gasteiger charge is -2.05. The quantitative estimate of drug-likeness (QED) is 0.658. The van der Waals surface area contributed by atoms with Gasteiger partial charge in [-0.15, -0.1) is 0 Å². The summed E-state index contributed by atoms with van der Waals surface area (Å²) in [4.78, 5) is 12.1. The van der Waals surface area contributed by atoms with Gasteiger partial charge in [-0.2, -0.15) is 0 Å². The second-order valence-corrected chi connectivity index (χ2v) is 5.10. The van der Waals surface area contributed by atoms with Gasteiger partial charge < -0.3 is 5.32 Å². The normalized spacial score (nSPS) is 10.9. The summed E-state index contributed by atoms with van der Waals surface area (Å²) in [5, 5.41) is 3.00. The van der Waals surface area contributed by atoms with E-state index in [4.69, 9.17) is 0 Å². The van der Waals surface area contributed by atoms with Gasteiger partial charge in [-0.3, -0.25) is 4.79 Å². The molecule has 0 amide bonds. The molecular formula is C18H18FNO. The number of hydrogen-bond acceptors (Lipinski definition) is 2. The Bertz CT molecular complexity index is 704. The summed E-state index contributed by atoms with van der Waals surface area (Å²) in [5.41, 5.74) is 4.48. The number of carbonyl (C=O) groups excluding carboxylic acids is 1. The lowest BCUT2D eigenvalue weighted by Crippen LogP contribution is -1.98. The Hall–Kier alpha value is -2.42. The van der Waals surface area contributed by atoms with Gasteiger partial charge in [0, 0.05) is 23.5 Å². The lowest BCUT2D eigenvalue weighted by molar-refractivity contribution is 0.104. The molecule has 0 fully saturated rings. The smallest absolute Gasteiger partial charge is 0.187 e. The average Bonchev–Trinajstić information content (AvgIpc) is 2.44. The van der Waals surface area contributed by atoms with E-state index in [1.807, 2.05) is 39.0 Å². The molecule has 2 aromatic carbocycles. The third-order valence-corrected chi connectivity index (χ3v) is 3.45. The SMILES string of the molecule is Cc1ccc(C(=O)/C=C/Nc2ccc(F)cc2C)cc1C. The largest absolute Gasteiger partial charge is 0.361 e. The van der Waals surface area contributed by atoms with Crippen molar-refractivity contribution in [2.24, 2.45) is 0 Å². The Balaban J connectivity index is 2.06. The number of anilines is 1. The number of carbonyl (C=O) groups is 1. The van der Waals surface area contributed by atoms with Crippen LogP contribution in [-0.2, 0) is 0 Å². The molecule has 0 aliphatic rings. The molecule has 3 heteroatoms. The molecule has 0 saturated heterocycles. The van der Waals surface area contributed by atoms with E-state index in [9.17, 15) is 9.18 Å². The highest BCUT2D eigenvalue weighted by molar-refractivity contribution is 6.04. The van der Waals surface area contributed by atoms with Gasteiger partial charge in [-0.1, -0.05) is 12.1 Å². The van der Waals surface area contributed by atoms with Crippen molar-refractivity contribution >= 4 is 11.5 Å². The zero-order chi connectivity index (χ0) is 15.4. The first-order valence-corrected chi connectivity index (χ1v) is 6.78. The molecule has 2 aromatic rings. The molecule has 0 radical (unpaired) electrons. The fourth-order valence-electron chi connectivity index (χ4n) is 1.99. The van der Waals surface area contributed by atoms with Gasteiger partial charge >= 0.3 is 0 Å². The van der Waals surface area contributed by atoms with Gasteiger partial charge in [0.05, 0.1) is 0 Å². The summed E-state index contributed by atoms with van der Waals surface area (Å²) >= 11 is 0. The Labute approximate surface area is 124 Å². The molecule has 0 unspecified atom stereocenters. The maximum Gasteiger partial charge on any atom is 0.187 e. The van der Waals surface area contributed by atoms with Crippen molar-refractivity contribution in [2.45, 2.75) is 20.8 Å². The average molecular weight is 283 g/mol. The van der Waals surface area contributed by atoms with E-state index < -0.39 is 0 Å². The summed E-state index contributed by atoms with van der Waals surface area (Å²) in [6.07, 6.45) is 3.06. The Morgan fingerprint density at radius 1 is 1.00 bits per heavy atom. The maximum absolute atomic E-state index is 13.0. The predicted octanol–water partition coefficient (Wildman–Crippen LogP) is 4.56. The van der Waals surface area contributed by atoms with Crippen molar-refractivity contribution in [3.63, 3.8) is 0 Å². The fraction of sp³-hybridized carbons (Fsp3) is 0.167. The molecule has 21 heavy (non-hydrogen) atoms.